The van der Waals surface area contributed by atoms with E-state index in [1.54, 1.807) is 19.1 Å². The van der Waals surface area contributed by atoms with Gasteiger partial charge in [0.15, 0.2) is 10.8 Å². The molecule has 2 N–H and O–H groups in total. The standard InChI is InChI=1S/C14H17ClN6O2S/c1-8-5-6-10(24(4,23)17-3)13(18-8)19-9-7-11(15)20-21-12(9)14(22)16-2/h5-7H,1-4H3,(H,16,22)(H,18,19,20). The molecule has 0 bridgehead atoms. The van der Waals surface area contributed by atoms with Crippen molar-refractivity contribution in [1.29, 1.82) is 0 Å². The second kappa shape index (κ2) is 7.10. The lowest BCUT2D eigenvalue weighted by molar-refractivity contribution is 0.0958. The molecule has 1 unspecified atom stereocenters. The number of nitrogens with one attached hydrogen (secondary N) is 2. The Hall–Kier alpha value is -2.26. The molecule has 0 aromatic carbocycles. The summed E-state index contributed by atoms with van der Waals surface area (Å²) in [4.78, 5) is 16.7. The van der Waals surface area contributed by atoms with Gasteiger partial charge in [0.25, 0.3) is 5.91 Å². The summed E-state index contributed by atoms with van der Waals surface area (Å²) in [5.74, 6) is -0.115. The fraction of sp³-hybridized carbons (Fsp3) is 0.286. The van der Waals surface area contributed by atoms with Gasteiger partial charge in [0.05, 0.1) is 20.3 Å². The molecule has 0 saturated heterocycles. The van der Waals surface area contributed by atoms with Gasteiger partial charge in [-0.05, 0) is 19.1 Å². The Balaban J connectivity index is 2.61. The number of rotatable bonds is 4. The molecule has 1 atom stereocenters. The zero-order valence-electron chi connectivity index (χ0n) is 13.6. The number of halogens is 1. The highest BCUT2D eigenvalue weighted by Crippen LogP contribution is 2.27. The van der Waals surface area contributed by atoms with Crippen molar-refractivity contribution in [2.75, 3.05) is 25.7 Å². The third kappa shape index (κ3) is 3.80. The van der Waals surface area contributed by atoms with Gasteiger partial charge in [-0.2, -0.15) is 0 Å². The number of pyridine rings is 1. The third-order valence-electron chi connectivity index (χ3n) is 3.21. The zero-order valence-corrected chi connectivity index (χ0v) is 15.2. The van der Waals surface area contributed by atoms with Gasteiger partial charge >= 0.3 is 0 Å². The van der Waals surface area contributed by atoms with Gasteiger partial charge in [-0.15, -0.1) is 10.2 Å². The van der Waals surface area contributed by atoms with E-state index in [0.29, 0.717) is 22.1 Å². The summed E-state index contributed by atoms with van der Waals surface area (Å²) in [5, 5.41) is 13.0. The molecule has 0 aliphatic carbocycles. The van der Waals surface area contributed by atoms with E-state index in [0.717, 1.165) is 0 Å². The van der Waals surface area contributed by atoms with Gasteiger partial charge in [-0.1, -0.05) is 11.6 Å². The fourth-order valence-electron chi connectivity index (χ4n) is 1.91. The predicted octanol–water partition coefficient (Wildman–Crippen LogP) is 2.02. The number of aryl methyl sites for hydroxylation is 1. The third-order valence-corrected chi connectivity index (χ3v) is 5.24. The number of carbonyl (C=O) groups excluding carboxylic acids is 1. The van der Waals surface area contributed by atoms with E-state index < -0.39 is 15.6 Å². The van der Waals surface area contributed by atoms with Crippen LogP contribution in [0.1, 0.15) is 16.2 Å². The van der Waals surface area contributed by atoms with Crippen molar-refractivity contribution in [3.05, 3.63) is 34.7 Å². The van der Waals surface area contributed by atoms with E-state index in [-0.39, 0.29) is 10.8 Å². The molecule has 10 heteroatoms. The van der Waals surface area contributed by atoms with E-state index in [1.165, 1.54) is 26.4 Å². The molecule has 24 heavy (non-hydrogen) atoms. The minimum Gasteiger partial charge on any atom is -0.354 e. The van der Waals surface area contributed by atoms with Crippen LogP contribution in [0, 0.1) is 6.92 Å². The van der Waals surface area contributed by atoms with Crippen molar-refractivity contribution in [2.24, 2.45) is 4.36 Å². The molecule has 2 aromatic rings. The van der Waals surface area contributed by atoms with Crippen LogP contribution in [-0.4, -0.2) is 45.6 Å². The maximum absolute atomic E-state index is 12.6. The predicted molar refractivity (Wildman–Crippen MR) is 93.4 cm³/mol. The average Bonchev–Trinajstić information content (AvgIpc) is 2.54. The molecule has 0 spiro atoms. The SMILES string of the molecule is CN=S(C)(=O)c1ccc(C)nc1Nc1cc(Cl)nnc1C(=O)NC. The maximum atomic E-state index is 12.6. The van der Waals surface area contributed by atoms with Gasteiger partial charge in [0, 0.05) is 32.1 Å². The van der Waals surface area contributed by atoms with Crippen LogP contribution in [0.4, 0.5) is 11.5 Å². The van der Waals surface area contributed by atoms with E-state index in [2.05, 4.69) is 30.2 Å². The first-order valence-corrected chi connectivity index (χ1v) is 9.19. The van der Waals surface area contributed by atoms with Crippen LogP contribution in [0.25, 0.3) is 0 Å². The van der Waals surface area contributed by atoms with Crippen LogP contribution in [0.5, 0.6) is 0 Å². The Morgan fingerprint density at radius 3 is 2.67 bits per heavy atom. The van der Waals surface area contributed by atoms with Crippen LogP contribution in [0.3, 0.4) is 0 Å². The summed E-state index contributed by atoms with van der Waals surface area (Å²) in [6.07, 6.45) is 1.52. The highest BCUT2D eigenvalue weighted by Gasteiger charge is 2.18. The minimum absolute atomic E-state index is 0.0483. The number of anilines is 2. The first kappa shape index (κ1) is 18.1. The minimum atomic E-state index is -2.63. The molecule has 0 radical (unpaired) electrons. The van der Waals surface area contributed by atoms with Crippen LogP contribution in [-0.2, 0) is 9.73 Å². The van der Waals surface area contributed by atoms with Crippen molar-refractivity contribution in [1.82, 2.24) is 20.5 Å². The number of carbonyl (C=O) groups is 1. The Morgan fingerprint density at radius 1 is 1.33 bits per heavy atom. The molecule has 2 heterocycles. The molecule has 2 rings (SSSR count). The van der Waals surface area contributed by atoms with Gasteiger partial charge in [0.2, 0.25) is 0 Å². The monoisotopic (exact) mass is 368 g/mol. The van der Waals surface area contributed by atoms with E-state index in [4.69, 9.17) is 11.6 Å². The Labute approximate surface area is 145 Å². The van der Waals surface area contributed by atoms with Crippen molar-refractivity contribution in [3.63, 3.8) is 0 Å². The Morgan fingerprint density at radius 2 is 2.04 bits per heavy atom. The van der Waals surface area contributed by atoms with Crippen LogP contribution in [0.2, 0.25) is 5.15 Å². The Kier molecular flexibility index (Phi) is 5.35. The van der Waals surface area contributed by atoms with E-state index >= 15 is 0 Å². The van der Waals surface area contributed by atoms with Gasteiger partial charge < -0.3 is 10.6 Å². The molecule has 8 nitrogen and oxygen atoms in total. The molecule has 0 fully saturated rings. The van der Waals surface area contributed by atoms with Crippen LogP contribution < -0.4 is 10.6 Å². The lowest BCUT2D eigenvalue weighted by Gasteiger charge is -2.14. The van der Waals surface area contributed by atoms with Gasteiger partial charge in [-0.3, -0.25) is 4.79 Å². The number of amides is 1. The molecule has 128 valence electrons. The number of hydrogen-bond donors (Lipinski definition) is 2. The zero-order chi connectivity index (χ0) is 17.9. The first-order chi connectivity index (χ1) is 11.3. The molecule has 1 amide bonds. The summed E-state index contributed by atoms with van der Waals surface area (Å²) in [6, 6.07) is 4.88. The summed E-state index contributed by atoms with van der Waals surface area (Å²) < 4.78 is 16.6. The second-order valence-corrected chi connectivity index (χ2v) is 7.72. The highest BCUT2D eigenvalue weighted by atomic mass is 35.5. The number of aromatic nitrogens is 3. The molecule has 0 aliphatic heterocycles. The lowest BCUT2D eigenvalue weighted by Crippen LogP contribution is -2.21. The largest absolute Gasteiger partial charge is 0.354 e. The molecular formula is C14H17ClN6O2S. The highest BCUT2D eigenvalue weighted by molar-refractivity contribution is 7.93. The first-order valence-electron chi connectivity index (χ1n) is 6.88. The number of hydrogen-bond acceptors (Lipinski definition) is 7. The molecule has 2 aromatic heterocycles. The summed E-state index contributed by atoms with van der Waals surface area (Å²) >= 11 is 5.88. The van der Waals surface area contributed by atoms with Crippen molar-refractivity contribution < 1.29 is 9.00 Å². The summed E-state index contributed by atoms with van der Waals surface area (Å²) in [6.45, 7) is 1.80. The molecule has 0 saturated carbocycles. The van der Waals surface area contributed by atoms with Crippen molar-refractivity contribution in [3.8, 4) is 0 Å². The second-order valence-electron chi connectivity index (χ2n) is 4.92. The van der Waals surface area contributed by atoms with Crippen LogP contribution >= 0.6 is 11.6 Å². The smallest absolute Gasteiger partial charge is 0.273 e. The average molecular weight is 369 g/mol. The normalized spacial score (nSPS) is 13.0. The quantitative estimate of drug-likeness (QED) is 0.854. The number of nitrogens with zero attached hydrogens (tertiary/aromatic N) is 4. The summed E-state index contributed by atoms with van der Waals surface area (Å²) in [5.41, 5.74) is 1.06. The lowest BCUT2D eigenvalue weighted by atomic mass is 10.3. The van der Waals surface area contributed by atoms with Gasteiger partial charge in [0.1, 0.15) is 5.82 Å². The fourth-order valence-corrected chi connectivity index (χ4v) is 3.03. The molecular weight excluding hydrogens is 352 g/mol. The van der Waals surface area contributed by atoms with E-state index in [1.807, 2.05) is 0 Å². The van der Waals surface area contributed by atoms with Gasteiger partial charge in [-0.25, -0.2) is 13.6 Å². The van der Waals surface area contributed by atoms with E-state index in [9.17, 15) is 9.00 Å². The van der Waals surface area contributed by atoms with Crippen LogP contribution in [0.15, 0.2) is 27.5 Å². The van der Waals surface area contributed by atoms with Crippen molar-refractivity contribution in [2.45, 2.75) is 11.8 Å². The van der Waals surface area contributed by atoms with Crippen molar-refractivity contribution >= 4 is 38.7 Å². The summed E-state index contributed by atoms with van der Waals surface area (Å²) in [7, 11) is 0.325. The molecule has 0 aliphatic rings. The maximum Gasteiger partial charge on any atom is 0.273 e. The Bertz CT molecular complexity index is 908. The topological polar surface area (TPSA) is 109 Å².